The highest BCUT2D eigenvalue weighted by atomic mass is 16.5. The maximum Gasteiger partial charge on any atom is 0.0845 e. The van der Waals surface area contributed by atoms with Crippen LogP contribution in [-0.2, 0) is 4.74 Å². The summed E-state index contributed by atoms with van der Waals surface area (Å²) in [5.74, 6) is 0.261. The summed E-state index contributed by atoms with van der Waals surface area (Å²) in [4.78, 5) is 0. The Balaban J connectivity index is 3.45. The zero-order valence-corrected chi connectivity index (χ0v) is 6.87. The summed E-state index contributed by atoms with van der Waals surface area (Å²) in [5, 5.41) is 9.19. The topological polar surface area (TPSA) is 29.5 Å². The summed E-state index contributed by atoms with van der Waals surface area (Å²) in [5.41, 5.74) is 0. The molecule has 0 aromatic heterocycles. The van der Waals surface area contributed by atoms with Crippen molar-refractivity contribution in [1.29, 1.82) is 0 Å². The van der Waals surface area contributed by atoms with E-state index in [9.17, 15) is 5.11 Å². The predicted octanol–water partition coefficient (Wildman–Crippen LogP) is 1.55. The van der Waals surface area contributed by atoms with E-state index in [-0.39, 0.29) is 12.0 Å². The van der Waals surface area contributed by atoms with Crippen LogP contribution in [0.2, 0.25) is 0 Å². The molecule has 60 valence electrons. The minimum absolute atomic E-state index is 0.261. The van der Waals surface area contributed by atoms with E-state index in [1.54, 1.807) is 12.3 Å². The van der Waals surface area contributed by atoms with Crippen molar-refractivity contribution in [2.75, 3.05) is 6.61 Å². The first kappa shape index (κ1) is 9.50. The maximum atomic E-state index is 9.19. The largest absolute Gasteiger partial charge is 0.502 e. The van der Waals surface area contributed by atoms with Gasteiger partial charge in [-0.3, -0.25) is 0 Å². The summed E-state index contributed by atoms with van der Waals surface area (Å²) in [6, 6.07) is 0. The third-order valence-electron chi connectivity index (χ3n) is 1.22. The van der Waals surface area contributed by atoms with Crippen molar-refractivity contribution in [3.8, 4) is 0 Å². The molecule has 0 rings (SSSR count). The van der Waals surface area contributed by atoms with Crippen LogP contribution in [-0.4, -0.2) is 17.8 Å². The molecule has 2 heteroatoms. The van der Waals surface area contributed by atoms with Crippen LogP contribution in [0.3, 0.4) is 0 Å². The Morgan fingerprint density at radius 1 is 1.50 bits per heavy atom. The molecule has 0 fully saturated rings. The highest BCUT2D eigenvalue weighted by molar-refractivity contribution is 4.84. The second kappa shape index (κ2) is 5.30. The number of aliphatic hydroxyl groups is 1. The Labute approximate surface area is 62.5 Å². The predicted molar refractivity (Wildman–Crippen MR) is 41.6 cm³/mol. The normalized spacial score (nSPS) is 14.5. The van der Waals surface area contributed by atoms with Crippen molar-refractivity contribution in [1.82, 2.24) is 0 Å². The Morgan fingerprint density at radius 3 is 2.50 bits per heavy atom. The Kier molecular flexibility index (Phi) is 5.03. The fourth-order valence-corrected chi connectivity index (χ4v) is 0.455. The molecule has 10 heavy (non-hydrogen) atoms. The van der Waals surface area contributed by atoms with Crippen molar-refractivity contribution in [3.63, 3.8) is 0 Å². The van der Waals surface area contributed by atoms with Gasteiger partial charge in [-0.2, -0.15) is 0 Å². The van der Waals surface area contributed by atoms with Gasteiger partial charge in [0.15, 0.2) is 0 Å². The van der Waals surface area contributed by atoms with Gasteiger partial charge in [-0.25, -0.2) is 0 Å². The molecule has 1 N–H and O–H groups in total. The molecule has 0 amide bonds. The van der Waals surface area contributed by atoms with Gasteiger partial charge >= 0.3 is 0 Å². The van der Waals surface area contributed by atoms with E-state index in [0.29, 0.717) is 6.61 Å². The molecule has 2 nitrogen and oxygen atoms in total. The van der Waals surface area contributed by atoms with E-state index in [0.717, 1.165) is 0 Å². The first-order valence-electron chi connectivity index (χ1n) is 3.64. The van der Waals surface area contributed by atoms with E-state index < -0.39 is 0 Å². The van der Waals surface area contributed by atoms with Crippen molar-refractivity contribution < 1.29 is 9.84 Å². The molecule has 0 spiro atoms. The van der Waals surface area contributed by atoms with Gasteiger partial charge in [0.25, 0.3) is 0 Å². The van der Waals surface area contributed by atoms with Crippen LogP contribution in [0.4, 0.5) is 0 Å². The average Bonchev–Trinajstić information content (AvgIpc) is 1.88. The molecule has 0 saturated heterocycles. The Hall–Kier alpha value is -0.500. The molecule has 0 bridgehead atoms. The van der Waals surface area contributed by atoms with Crippen LogP contribution < -0.4 is 0 Å². The lowest BCUT2D eigenvalue weighted by molar-refractivity contribution is 0.165. The van der Waals surface area contributed by atoms with Crippen molar-refractivity contribution in [3.05, 3.63) is 12.3 Å². The molecule has 0 aromatic rings. The van der Waals surface area contributed by atoms with E-state index >= 15 is 0 Å². The lowest BCUT2D eigenvalue weighted by atomic mass is 10.1. The van der Waals surface area contributed by atoms with E-state index in [1.165, 1.54) is 0 Å². The molecular formula is C8H16O2. The third kappa shape index (κ3) is 4.39. The second-order valence-corrected chi connectivity index (χ2v) is 2.52. The average molecular weight is 144 g/mol. The number of hydrogen-bond acceptors (Lipinski definition) is 2. The van der Waals surface area contributed by atoms with E-state index in [4.69, 9.17) is 4.74 Å². The van der Waals surface area contributed by atoms with Crippen molar-refractivity contribution in [2.45, 2.75) is 26.9 Å². The van der Waals surface area contributed by atoms with Crippen LogP contribution in [0.5, 0.6) is 0 Å². The summed E-state index contributed by atoms with van der Waals surface area (Å²) in [6.07, 6.45) is 2.82. The lowest BCUT2D eigenvalue weighted by Gasteiger charge is -2.07. The molecule has 0 aliphatic carbocycles. The Morgan fingerprint density at radius 2 is 2.10 bits per heavy atom. The number of ether oxygens (including phenoxy) is 1. The molecule has 0 aliphatic heterocycles. The van der Waals surface area contributed by atoms with Gasteiger partial charge in [0, 0.05) is 0 Å². The zero-order chi connectivity index (χ0) is 7.98. The van der Waals surface area contributed by atoms with Gasteiger partial charge in [-0.1, -0.05) is 13.8 Å². The summed E-state index contributed by atoms with van der Waals surface area (Å²) in [7, 11) is 0. The smallest absolute Gasteiger partial charge is 0.0845 e. The van der Waals surface area contributed by atoms with Crippen LogP contribution in [0.25, 0.3) is 0 Å². The first-order chi connectivity index (χ1) is 4.68. The molecule has 0 heterocycles. The van der Waals surface area contributed by atoms with Crippen LogP contribution >= 0.6 is 0 Å². The summed E-state index contributed by atoms with van der Waals surface area (Å²) < 4.78 is 4.91. The fourth-order valence-electron chi connectivity index (χ4n) is 0.455. The number of rotatable bonds is 4. The van der Waals surface area contributed by atoms with Crippen molar-refractivity contribution >= 4 is 0 Å². The highest BCUT2D eigenvalue weighted by Crippen LogP contribution is 2.01. The van der Waals surface area contributed by atoms with E-state index in [2.05, 4.69) is 0 Å². The van der Waals surface area contributed by atoms with Crippen LogP contribution in [0.1, 0.15) is 20.8 Å². The maximum absolute atomic E-state index is 9.19. The second-order valence-electron chi connectivity index (χ2n) is 2.52. The monoisotopic (exact) mass is 144 g/mol. The Bertz CT molecular complexity index is 97.4. The van der Waals surface area contributed by atoms with Gasteiger partial charge in [-0.05, 0) is 18.9 Å². The van der Waals surface area contributed by atoms with Gasteiger partial charge in [0.05, 0.1) is 19.0 Å². The lowest BCUT2D eigenvalue weighted by Crippen LogP contribution is -2.10. The molecular weight excluding hydrogens is 128 g/mol. The van der Waals surface area contributed by atoms with E-state index in [1.807, 2.05) is 20.8 Å². The highest BCUT2D eigenvalue weighted by Gasteiger charge is 2.02. The number of aliphatic hydroxyl groups excluding tert-OH is 1. The molecule has 0 radical (unpaired) electrons. The van der Waals surface area contributed by atoms with Gasteiger partial charge in [0.2, 0.25) is 0 Å². The molecule has 0 aliphatic rings. The summed E-state index contributed by atoms with van der Waals surface area (Å²) >= 11 is 0. The first-order valence-corrected chi connectivity index (χ1v) is 3.64. The molecule has 1 atom stereocenters. The quantitative estimate of drug-likeness (QED) is 0.607. The summed E-state index contributed by atoms with van der Waals surface area (Å²) in [6.45, 7) is 6.48. The molecule has 0 saturated carbocycles. The van der Waals surface area contributed by atoms with Crippen LogP contribution in [0, 0.1) is 5.92 Å². The minimum atomic E-state index is -0.383. The molecule has 0 unspecified atom stereocenters. The molecule has 0 aromatic carbocycles. The van der Waals surface area contributed by atoms with Crippen molar-refractivity contribution in [2.24, 2.45) is 5.92 Å². The van der Waals surface area contributed by atoms with Crippen LogP contribution in [0.15, 0.2) is 12.3 Å². The van der Waals surface area contributed by atoms with Gasteiger partial charge < -0.3 is 9.84 Å². The van der Waals surface area contributed by atoms with Gasteiger partial charge in [0.1, 0.15) is 0 Å². The third-order valence-corrected chi connectivity index (χ3v) is 1.22. The SMILES string of the molecule is CCO/C=C/[C@H](O)C(C)C. The zero-order valence-electron chi connectivity index (χ0n) is 6.87. The standard InChI is InChI=1S/C8H16O2/c1-4-10-6-5-8(9)7(2)3/h5-9H,4H2,1-3H3/b6-5+/t8-/m0/s1. The minimum Gasteiger partial charge on any atom is -0.502 e. The number of hydrogen-bond donors (Lipinski definition) is 1. The van der Waals surface area contributed by atoms with Gasteiger partial charge in [-0.15, -0.1) is 0 Å². The fraction of sp³-hybridized carbons (Fsp3) is 0.750.